The minimum atomic E-state index is -0.0415. The van der Waals surface area contributed by atoms with Gasteiger partial charge < -0.3 is 20.0 Å². The summed E-state index contributed by atoms with van der Waals surface area (Å²) in [6, 6.07) is 4.70. The highest BCUT2D eigenvalue weighted by molar-refractivity contribution is 5.63. The molecular weight excluding hydrogens is 198 g/mol. The van der Waals surface area contributed by atoms with E-state index in [1.807, 2.05) is 0 Å². The summed E-state index contributed by atoms with van der Waals surface area (Å²) in [4.78, 5) is 0. The topological polar surface area (TPSA) is 94.4 Å². The van der Waals surface area contributed by atoms with E-state index in [-0.39, 0.29) is 17.7 Å². The minimum Gasteiger partial charge on any atom is -0.507 e. The maximum absolute atomic E-state index is 9.64. The Kier molecular flexibility index (Phi) is 2.17. The first-order valence-electron chi connectivity index (χ1n) is 4.17. The first-order valence-corrected chi connectivity index (χ1v) is 4.17. The molecule has 2 rings (SSSR count). The molecule has 3 N–H and O–H groups in total. The van der Waals surface area contributed by atoms with Gasteiger partial charge in [-0.15, -0.1) is 5.10 Å². The summed E-state index contributed by atoms with van der Waals surface area (Å²) in [6.07, 6.45) is 0. The zero-order chi connectivity index (χ0) is 10.8. The van der Waals surface area contributed by atoms with Gasteiger partial charge in [0.1, 0.15) is 11.5 Å². The van der Waals surface area contributed by atoms with Crippen LogP contribution in [0.2, 0.25) is 0 Å². The van der Waals surface area contributed by atoms with Crippen LogP contribution in [0.5, 0.6) is 11.5 Å². The standard InChI is InChI=1S/C9H9N3O3/c1-14-5-2-3-6(7(13)4-5)8-11-12-9(10)15-8/h2-4,13H,1H3,(H2,10,12). The Bertz CT molecular complexity index is 481. The average Bonchev–Trinajstić information content (AvgIpc) is 2.64. The average molecular weight is 207 g/mol. The lowest BCUT2D eigenvalue weighted by atomic mass is 10.2. The molecule has 15 heavy (non-hydrogen) atoms. The van der Waals surface area contributed by atoms with E-state index in [2.05, 4.69) is 10.2 Å². The van der Waals surface area contributed by atoms with Crippen LogP contribution in [-0.2, 0) is 0 Å². The Morgan fingerprint density at radius 3 is 2.73 bits per heavy atom. The maximum Gasteiger partial charge on any atom is 0.313 e. The van der Waals surface area contributed by atoms with Crippen molar-refractivity contribution in [2.45, 2.75) is 0 Å². The van der Waals surface area contributed by atoms with Gasteiger partial charge in [0, 0.05) is 6.07 Å². The van der Waals surface area contributed by atoms with Crippen LogP contribution < -0.4 is 10.5 Å². The van der Waals surface area contributed by atoms with Gasteiger partial charge in [0.15, 0.2) is 0 Å². The monoisotopic (exact) mass is 207 g/mol. The number of phenolic OH excluding ortho intramolecular Hbond substituents is 1. The van der Waals surface area contributed by atoms with Crippen LogP contribution in [0, 0.1) is 0 Å². The summed E-state index contributed by atoms with van der Waals surface area (Å²) in [7, 11) is 1.51. The molecule has 1 heterocycles. The van der Waals surface area contributed by atoms with E-state index in [0.29, 0.717) is 11.3 Å². The number of phenols is 1. The molecule has 0 fully saturated rings. The zero-order valence-corrected chi connectivity index (χ0v) is 7.97. The summed E-state index contributed by atoms with van der Waals surface area (Å²) in [6.45, 7) is 0. The Balaban J connectivity index is 2.45. The number of ether oxygens (including phenoxy) is 1. The molecule has 6 nitrogen and oxygen atoms in total. The Labute approximate surface area is 85.3 Å². The van der Waals surface area contributed by atoms with E-state index < -0.39 is 0 Å². The van der Waals surface area contributed by atoms with Crippen molar-refractivity contribution in [3.8, 4) is 23.0 Å². The number of nitrogens with two attached hydrogens (primary N) is 1. The van der Waals surface area contributed by atoms with Crippen LogP contribution >= 0.6 is 0 Å². The van der Waals surface area contributed by atoms with Crippen LogP contribution in [0.15, 0.2) is 22.6 Å². The molecule has 6 heteroatoms. The first-order chi connectivity index (χ1) is 7.20. The van der Waals surface area contributed by atoms with Gasteiger partial charge in [-0.3, -0.25) is 0 Å². The van der Waals surface area contributed by atoms with Crippen molar-refractivity contribution >= 4 is 6.01 Å². The van der Waals surface area contributed by atoms with Gasteiger partial charge in [0.05, 0.1) is 12.7 Å². The number of aromatic nitrogens is 2. The molecule has 0 radical (unpaired) electrons. The molecule has 0 saturated heterocycles. The highest BCUT2D eigenvalue weighted by Gasteiger charge is 2.11. The number of benzene rings is 1. The lowest BCUT2D eigenvalue weighted by molar-refractivity contribution is 0.407. The molecule has 0 atom stereocenters. The second-order valence-electron chi connectivity index (χ2n) is 2.83. The molecule has 0 spiro atoms. The van der Waals surface area contributed by atoms with Crippen molar-refractivity contribution in [2.24, 2.45) is 0 Å². The van der Waals surface area contributed by atoms with E-state index in [9.17, 15) is 5.11 Å². The van der Waals surface area contributed by atoms with Gasteiger partial charge in [-0.2, -0.15) is 0 Å². The lowest BCUT2D eigenvalue weighted by Gasteiger charge is -2.02. The second kappa shape index (κ2) is 3.49. The zero-order valence-electron chi connectivity index (χ0n) is 7.97. The number of aromatic hydroxyl groups is 1. The highest BCUT2D eigenvalue weighted by atomic mass is 16.5. The van der Waals surface area contributed by atoms with Crippen molar-refractivity contribution in [3.63, 3.8) is 0 Å². The molecule has 1 aromatic heterocycles. The molecule has 78 valence electrons. The third-order valence-electron chi connectivity index (χ3n) is 1.88. The van der Waals surface area contributed by atoms with Crippen LogP contribution in [0.1, 0.15) is 0 Å². The normalized spacial score (nSPS) is 10.2. The minimum absolute atomic E-state index is 0.00185. The number of nitrogens with zero attached hydrogens (tertiary/aromatic N) is 2. The SMILES string of the molecule is COc1ccc(-c2nnc(N)o2)c(O)c1. The van der Waals surface area contributed by atoms with Crippen molar-refractivity contribution in [1.29, 1.82) is 0 Å². The fourth-order valence-corrected chi connectivity index (χ4v) is 1.16. The maximum atomic E-state index is 9.64. The summed E-state index contributed by atoms with van der Waals surface area (Å²) >= 11 is 0. The summed E-state index contributed by atoms with van der Waals surface area (Å²) in [5.41, 5.74) is 5.69. The largest absolute Gasteiger partial charge is 0.507 e. The predicted molar refractivity (Wildman–Crippen MR) is 52.4 cm³/mol. The van der Waals surface area contributed by atoms with E-state index >= 15 is 0 Å². The molecule has 0 aliphatic heterocycles. The Morgan fingerprint density at radius 2 is 2.20 bits per heavy atom. The molecule has 0 amide bonds. The van der Waals surface area contributed by atoms with Gasteiger partial charge in [0.2, 0.25) is 0 Å². The van der Waals surface area contributed by atoms with Crippen molar-refractivity contribution in [1.82, 2.24) is 10.2 Å². The number of rotatable bonds is 2. The third-order valence-corrected chi connectivity index (χ3v) is 1.88. The summed E-state index contributed by atoms with van der Waals surface area (Å²) < 4.78 is 9.92. The van der Waals surface area contributed by atoms with Crippen LogP contribution in [0.4, 0.5) is 6.01 Å². The third kappa shape index (κ3) is 1.69. The quantitative estimate of drug-likeness (QED) is 0.763. The van der Waals surface area contributed by atoms with Crippen molar-refractivity contribution in [2.75, 3.05) is 12.8 Å². The molecule has 1 aromatic carbocycles. The van der Waals surface area contributed by atoms with Gasteiger partial charge in [-0.25, -0.2) is 0 Å². The molecule has 0 aliphatic carbocycles. The van der Waals surface area contributed by atoms with Gasteiger partial charge >= 0.3 is 6.01 Å². The number of methoxy groups -OCH3 is 1. The fraction of sp³-hybridized carbons (Fsp3) is 0.111. The lowest BCUT2D eigenvalue weighted by Crippen LogP contribution is -1.84. The molecule has 0 unspecified atom stereocenters. The molecular formula is C9H9N3O3. The first kappa shape index (κ1) is 9.32. The van der Waals surface area contributed by atoms with Crippen LogP contribution in [0.25, 0.3) is 11.5 Å². The van der Waals surface area contributed by atoms with E-state index in [1.54, 1.807) is 12.1 Å². The van der Waals surface area contributed by atoms with E-state index in [1.165, 1.54) is 13.2 Å². The van der Waals surface area contributed by atoms with Crippen molar-refractivity contribution < 1.29 is 14.3 Å². The van der Waals surface area contributed by atoms with Crippen molar-refractivity contribution in [3.05, 3.63) is 18.2 Å². The second-order valence-corrected chi connectivity index (χ2v) is 2.83. The number of hydrogen-bond donors (Lipinski definition) is 2. The highest BCUT2D eigenvalue weighted by Crippen LogP contribution is 2.31. The molecule has 0 bridgehead atoms. The summed E-state index contributed by atoms with van der Waals surface area (Å²) in [5.74, 6) is 0.717. The fourth-order valence-electron chi connectivity index (χ4n) is 1.16. The smallest absolute Gasteiger partial charge is 0.313 e. The summed E-state index contributed by atoms with van der Waals surface area (Å²) in [5, 5.41) is 16.8. The Morgan fingerprint density at radius 1 is 1.40 bits per heavy atom. The van der Waals surface area contributed by atoms with E-state index in [0.717, 1.165) is 0 Å². The molecule has 0 saturated carbocycles. The molecule has 2 aromatic rings. The van der Waals surface area contributed by atoms with Crippen LogP contribution in [0.3, 0.4) is 0 Å². The predicted octanol–water partition coefficient (Wildman–Crippen LogP) is 1.03. The number of anilines is 1. The van der Waals surface area contributed by atoms with Gasteiger partial charge in [-0.05, 0) is 12.1 Å². The van der Waals surface area contributed by atoms with E-state index in [4.69, 9.17) is 14.9 Å². The Hall–Kier alpha value is -2.24. The van der Waals surface area contributed by atoms with Gasteiger partial charge in [-0.1, -0.05) is 5.10 Å². The number of hydrogen-bond acceptors (Lipinski definition) is 6. The van der Waals surface area contributed by atoms with Gasteiger partial charge in [0.25, 0.3) is 5.89 Å². The molecule has 0 aliphatic rings. The number of nitrogen functional groups attached to an aromatic ring is 1. The van der Waals surface area contributed by atoms with Crippen LogP contribution in [-0.4, -0.2) is 22.4 Å².